The number of H-pyrrole nitrogens is 1. The minimum atomic E-state index is -0.265. The largest absolute Gasteiger partial charge is 0.473 e. The Kier molecular flexibility index (Phi) is 6.71. The number of carbonyl (C=O) groups is 2. The molecule has 3 atom stereocenters. The standard InChI is InChI=1S/C20H27N5O5S/c1-12-11-29-6-5-25(12)20(27)30-14-4-3-13(7-14)16-9-17(24-23-16)22-18(26)8-15-10-21-19(28-2)31-15/h9-10,12-14H,3-8,11H2,1-2H3,(H2,22,23,24,26)/t12-,13+,14-/m1/s1. The summed E-state index contributed by atoms with van der Waals surface area (Å²) in [4.78, 5) is 31.4. The second kappa shape index (κ2) is 9.65. The molecule has 0 unspecified atom stereocenters. The molecule has 4 rings (SSSR count). The number of aromatic amines is 1. The molecular weight excluding hydrogens is 422 g/mol. The van der Waals surface area contributed by atoms with Crippen molar-refractivity contribution in [2.24, 2.45) is 0 Å². The number of anilines is 1. The number of ether oxygens (including phenoxy) is 3. The molecule has 1 saturated heterocycles. The number of morpholine rings is 1. The topological polar surface area (TPSA) is 119 Å². The highest BCUT2D eigenvalue weighted by molar-refractivity contribution is 7.13. The number of thiazole rings is 1. The molecule has 3 heterocycles. The van der Waals surface area contributed by atoms with Crippen molar-refractivity contribution >= 4 is 29.2 Å². The molecule has 1 aliphatic carbocycles. The zero-order chi connectivity index (χ0) is 21.8. The fraction of sp³-hybridized carbons (Fsp3) is 0.600. The van der Waals surface area contributed by atoms with E-state index in [2.05, 4.69) is 20.5 Å². The molecule has 1 saturated carbocycles. The minimum absolute atomic E-state index is 0.0308. The van der Waals surface area contributed by atoms with Crippen LogP contribution in [0.5, 0.6) is 5.19 Å². The van der Waals surface area contributed by atoms with Gasteiger partial charge in [0, 0.05) is 35.3 Å². The third-order valence-corrected chi connectivity index (χ3v) is 6.56. The first-order chi connectivity index (χ1) is 15.0. The molecule has 2 aromatic heterocycles. The molecule has 0 spiro atoms. The Bertz CT molecular complexity index is 915. The number of nitrogens with zero attached hydrogens (tertiary/aromatic N) is 3. The number of hydrogen-bond acceptors (Lipinski definition) is 8. The normalized spacial score (nSPS) is 23.5. The van der Waals surface area contributed by atoms with Gasteiger partial charge in [-0.1, -0.05) is 11.3 Å². The average Bonchev–Trinajstić information content (AvgIpc) is 3.49. The molecule has 31 heavy (non-hydrogen) atoms. The van der Waals surface area contributed by atoms with Gasteiger partial charge in [-0.2, -0.15) is 5.10 Å². The van der Waals surface area contributed by atoms with Crippen LogP contribution in [0.4, 0.5) is 10.6 Å². The summed E-state index contributed by atoms with van der Waals surface area (Å²) in [6.07, 6.45) is 3.91. The first-order valence-electron chi connectivity index (χ1n) is 10.4. The molecule has 2 N–H and O–H groups in total. The van der Waals surface area contributed by atoms with Crippen molar-refractivity contribution in [3.8, 4) is 5.19 Å². The monoisotopic (exact) mass is 449 g/mol. The van der Waals surface area contributed by atoms with Crippen molar-refractivity contribution in [2.75, 3.05) is 32.2 Å². The molecule has 0 bridgehead atoms. The molecular formula is C20H27N5O5S. The summed E-state index contributed by atoms with van der Waals surface area (Å²) in [5.41, 5.74) is 0.938. The van der Waals surface area contributed by atoms with E-state index in [0.29, 0.717) is 30.8 Å². The number of methoxy groups -OCH3 is 1. The van der Waals surface area contributed by atoms with Gasteiger partial charge in [-0.15, -0.1) is 0 Å². The Morgan fingerprint density at radius 1 is 1.42 bits per heavy atom. The highest BCUT2D eigenvalue weighted by Gasteiger charge is 2.33. The highest BCUT2D eigenvalue weighted by Crippen LogP contribution is 2.36. The van der Waals surface area contributed by atoms with Gasteiger partial charge in [0.15, 0.2) is 5.82 Å². The van der Waals surface area contributed by atoms with E-state index < -0.39 is 0 Å². The lowest BCUT2D eigenvalue weighted by Crippen LogP contribution is -2.48. The van der Waals surface area contributed by atoms with Crippen molar-refractivity contribution < 1.29 is 23.8 Å². The SMILES string of the molecule is COc1ncc(CC(=O)Nc2cc([C@H]3CC[C@@H](OC(=O)N4CCOC[C@H]4C)C3)[nH]n2)s1. The van der Waals surface area contributed by atoms with Gasteiger partial charge in [-0.25, -0.2) is 9.78 Å². The molecule has 0 aromatic carbocycles. The van der Waals surface area contributed by atoms with E-state index in [0.717, 1.165) is 29.8 Å². The second-order valence-corrected chi connectivity index (χ2v) is 8.94. The number of carbonyl (C=O) groups excluding carboxylic acids is 2. The Hall–Kier alpha value is -2.66. The quantitative estimate of drug-likeness (QED) is 0.696. The smallest absolute Gasteiger partial charge is 0.410 e. The maximum absolute atomic E-state index is 12.5. The van der Waals surface area contributed by atoms with Crippen LogP contribution in [0.1, 0.15) is 42.7 Å². The van der Waals surface area contributed by atoms with Crippen molar-refractivity contribution in [3.05, 3.63) is 22.8 Å². The summed E-state index contributed by atoms with van der Waals surface area (Å²) >= 11 is 1.34. The lowest BCUT2D eigenvalue weighted by Gasteiger charge is -2.33. The fourth-order valence-corrected chi connectivity index (χ4v) is 4.68. The maximum Gasteiger partial charge on any atom is 0.410 e. The Morgan fingerprint density at radius 2 is 2.29 bits per heavy atom. The zero-order valence-electron chi connectivity index (χ0n) is 17.6. The number of hydrogen-bond donors (Lipinski definition) is 2. The van der Waals surface area contributed by atoms with Crippen molar-refractivity contribution in [2.45, 2.75) is 50.7 Å². The van der Waals surface area contributed by atoms with Crippen molar-refractivity contribution in [3.63, 3.8) is 0 Å². The van der Waals surface area contributed by atoms with Gasteiger partial charge in [0.1, 0.15) is 6.10 Å². The lowest BCUT2D eigenvalue weighted by atomic mass is 10.0. The summed E-state index contributed by atoms with van der Waals surface area (Å²) in [6, 6.07) is 1.88. The van der Waals surface area contributed by atoms with Gasteiger partial charge in [0.2, 0.25) is 5.91 Å². The molecule has 1 aliphatic heterocycles. The van der Waals surface area contributed by atoms with E-state index in [1.54, 1.807) is 18.2 Å². The van der Waals surface area contributed by atoms with E-state index in [1.165, 1.54) is 11.3 Å². The third kappa shape index (κ3) is 5.34. The average molecular weight is 450 g/mol. The van der Waals surface area contributed by atoms with Gasteiger partial charge in [0.25, 0.3) is 5.19 Å². The Labute approximate surface area is 184 Å². The molecule has 0 radical (unpaired) electrons. The zero-order valence-corrected chi connectivity index (χ0v) is 18.4. The van der Waals surface area contributed by atoms with Gasteiger partial charge >= 0.3 is 6.09 Å². The van der Waals surface area contributed by atoms with Crippen LogP contribution in [0.3, 0.4) is 0 Å². The van der Waals surface area contributed by atoms with Crippen molar-refractivity contribution in [1.29, 1.82) is 0 Å². The van der Waals surface area contributed by atoms with E-state index in [4.69, 9.17) is 14.2 Å². The number of aromatic nitrogens is 3. The summed E-state index contributed by atoms with van der Waals surface area (Å²) in [7, 11) is 1.55. The van der Waals surface area contributed by atoms with Gasteiger partial charge in [-0.05, 0) is 26.2 Å². The molecule has 2 amide bonds. The van der Waals surface area contributed by atoms with E-state index in [-0.39, 0.29) is 36.5 Å². The van der Waals surface area contributed by atoms with E-state index in [1.807, 2.05) is 13.0 Å². The predicted octanol–water partition coefficient (Wildman–Crippen LogP) is 2.55. The first kappa shape index (κ1) is 21.6. The van der Waals surface area contributed by atoms with Crippen LogP contribution >= 0.6 is 11.3 Å². The molecule has 2 aromatic rings. The van der Waals surface area contributed by atoms with Crippen molar-refractivity contribution in [1.82, 2.24) is 20.1 Å². The molecule has 2 fully saturated rings. The maximum atomic E-state index is 12.5. The number of amides is 2. The molecule has 2 aliphatic rings. The first-order valence-corrected chi connectivity index (χ1v) is 11.2. The third-order valence-electron chi connectivity index (χ3n) is 5.60. The van der Waals surface area contributed by atoms with Gasteiger partial charge in [-0.3, -0.25) is 9.89 Å². The Balaban J connectivity index is 1.26. The predicted molar refractivity (Wildman–Crippen MR) is 113 cm³/mol. The molecule has 11 heteroatoms. The molecule has 10 nitrogen and oxygen atoms in total. The fourth-order valence-electron chi connectivity index (χ4n) is 3.96. The number of rotatable bonds is 6. The second-order valence-electron chi connectivity index (χ2n) is 7.86. The van der Waals surface area contributed by atoms with E-state index >= 15 is 0 Å². The minimum Gasteiger partial charge on any atom is -0.473 e. The van der Waals surface area contributed by atoms with Crippen LogP contribution in [-0.2, 0) is 20.7 Å². The summed E-state index contributed by atoms with van der Waals surface area (Å²) in [5.74, 6) is 0.533. The summed E-state index contributed by atoms with van der Waals surface area (Å²) in [6.45, 7) is 3.62. The Morgan fingerprint density at radius 3 is 3.06 bits per heavy atom. The lowest BCUT2D eigenvalue weighted by molar-refractivity contribution is -0.115. The van der Waals surface area contributed by atoms with Crippen LogP contribution in [-0.4, -0.2) is 71.1 Å². The summed E-state index contributed by atoms with van der Waals surface area (Å²) < 4.78 is 16.2. The van der Waals surface area contributed by atoms with Crippen LogP contribution < -0.4 is 10.1 Å². The van der Waals surface area contributed by atoms with Crippen LogP contribution in [0.15, 0.2) is 12.3 Å². The summed E-state index contributed by atoms with van der Waals surface area (Å²) in [5, 5.41) is 10.6. The van der Waals surface area contributed by atoms with Crippen LogP contribution in [0, 0.1) is 0 Å². The van der Waals surface area contributed by atoms with E-state index in [9.17, 15) is 9.59 Å². The van der Waals surface area contributed by atoms with Gasteiger partial charge < -0.3 is 24.4 Å². The molecule has 168 valence electrons. The van der Waals surface area contributed by atoms with Crippen LogP contribution in [0.2, 0.25) is 0 Å². The number of nitrogens with one attached hydrogen (secondary N) is 2. The van der Waals surface area contributed by atoms with Crippen LogP contribution in [0.25, 0.3) is 0 Å². The highest BCUT2D eigenvalue weighted by atomic mass is 32.1. The van der Waals surface area contributed by atoms with Gasteiger partial charge in [0.05, 0.1) is 32.8 Å².